The molecule has 1 aliphatic heterocycles. The number of nitrogens with one attached hydrogen (secondary N) is 1. The Balaban J connectivity index is 2.35. The van der Waals surface area contributed by atoms with Gasteiger partial charge in [0.25, 0.3) is 10.2 Å². The van der Waals surface area contributed by atoms with Gasteiger partial charge in [-0.3, -0.25) is 0 Å². The number of ether oxygens (including phenoxy) is 1. The van der Waals surface area contributed by atoms with Crippen LogP contribution in [0.15, 0.2) is 0 Å². The highest BCUT2D eigenvalue weighted by Crippen LogP contribution is 2.17. The average Bonchev–Trinajstić information content (AvgIpc) is 2.29. The van der Waals surface area contributed by atoms with Crippen LogP contribution in [0.4, 0.5) is 0 Å². The normalized spacial score (nSPS) is 24.1. The van der Waals surface area contributed by atoms with Crippen molar-refractivity contribution >= 4 is 21.8 Å². The van der Waals surface area contributed by atoms with Crippen LogP contribution in [0.25, 0.3) is 0 Å². The van der Waals surface area contributed by atoms with Gasteiger partial charge in [0.05, 0.1) is 12.0 Å². The van der Waals surface area contributed by atoms with Gasteiger partial charge < -0.3 is 4.74 Å². The average molecular weight is 299 g/mol. The molecule has 0 spiro atoms. The summed E-state index contributed by atoms with van der Waals surface area (Å²) in [6.45, 7) is 4.09. The smallest absolute Gasteiger partial charge is 0.279 e. The van der Waals surface area contributed by atoms with Crippen LogP contribution in [-0.4, -0.2) is 51.5 Å². The van der Waals surface area contributed by atoms with E-state index < -0.39 is 10.2 Å². The van der Waals surface area contributed by atoms with Gasteiger partial charge >= 0.3 is 0 Å². The van der Waals surface area contributed by atoms with E-state index >= 15 is 0 Å². The number of methoxy groups -OCH3 is 1. The Labute approximate surface area is 115 Å². The molecule has 1 aliphatic rings. The highest BCUT2D eigenvalue weighted by molar-refractivity contribution is 7.87. The lowest BCUT2D eigenvalue weighted by molar-refractivity contribution is 0.195. The number of alkyl halides is 1. The van der Waals surface area contributed by atoms with E-state index in [0.29, 0.717) is 38.6 Å². The fourth-order valence-corrected chi connectivity index (χ4v) is 3.68. The summed E-state index contributed by atoms with van der Waals surface area (Å²) >= 11 is 5.95. The van der Waals surface area contributed by atoms with Crippen LogP contribution < -0.4 is 4.72 Å². The second kappa shape index (κ2) is 7.65. The van der Waals surface area contributed by atoms with Crippen LogP contribution in [-0.2, 0) is 14.9 Å². The molecule has 1 saturated heterocycles. The first kappa shape index (κ1) is 16.2. The minimum atomic E-state index is -3.34. The molecule has 2 atom stereocenters. The fourth-order valence-electron chi connectivity index (χ4n) is 2.06. The lowest BCUT2D eigenvalue weighted by Crippen LogP contribution is -2.46. The van der Waals surface area contributed by atoms with Crippen LogP contribution in [0, 0.1) is 5.92 Å². The Morgan fingerprint density at radius 2 is 2.28 bits per heavy atom. The zero-order valence-electron chi connectivity index (χ0n) is 11.1. The summed E-state index contributed by atoms with van der Waals surface area (Å²) in [6, 6.07) is 0. The predicted octanol–water partition coefficient (Wildman–Crippen LogP) is 1.20. The number of piperidine rings is 1. The molecule has 1 rings (SSSR count). The maximum Gasteiger partial charge on any atom is 0.279 e. The van der Waals surface area contributed by atoms with E-state index in [1.807, 2.05) is 0 Å². The fraction of sp³-hybridized carbons (Fsp3) is 1.00. The molecular weight excluding hydrogens is 276 g/mol. The third-order valence-corrected chi connectivity index (χ3v) is 4.97. The molecular formula is C11H23ClN2O3S. The monoisotopic (exact) mass is 298 g/mol. The highest BCUT2D eigenvalue weighted by atomic mass is 35.5. The van der Waals surface area contributed by atoms with Gasteiger partial charge in [-0.1, -0.05) is 6.92 Å². The Bertz CT molecular complexity index is 337. The summed E-state index contributed by atoms with van der Waals surface area (Å²) in [5, 5.41) is -0.155. The van der Waals surface area contributed by atoms with E-state index in [9.17, 15) is 8.42 Å². The van der Waals surface area contributed by atoms with Crippen molar-refractivity contribution in [3.63, 3.8) is 0 Å². The second-order valence-electron chi connectivity index (χ2n) is 4.85. The molecule has 0 amide bonds. The summed E-state index contributed by atoms with van der Waals surface area (Å²) in [4.78, 5) is 0. The van der Waals surface area contributed by atoms with E-state index in [1.54, 1.807) is 7.11 Å². The molecule has 2 unspecified atom stereocenters. The van der Waals surface area contributed by atoms with E-state index in [2.05, 4.69) is 11.6 Å². The molecule has 1 fully saturated rings. The van der Waals surface area contributed by atoms with Gasteiger partial charge in [0.2, 0.25) is 0 Å². The lowest BCUT2D eigenvalue weighted by Gasteiger charge is -2.30. The molecule has 0 saturated carbocycles. The number of nitrogens with zero attached hydrogens (tertiary/aromatic N) is 1. The first-order chi connectivity index (χ1) is 8.45. The maximum atomic E-state index is 12.0. The first-order valence-corrected chi connectivity index (χ1v) is 8.21. The van der Waals surface area contributed by atoms with Gasteiger partial charge in [0.1, 0.15) is 0 Å². The van der Waals surface area contributed by atoms with Gasteiger partial charge in [-0.25, -0.2) is 4.72 Å². The van der Waals surface area contributed by atoms with Crippen LogP contribution in [0.1, 0.15) is 26.2 Å². The summed E-state index contributed by atoms with van der Waals surface area (Å²) in [7, 11) is -1.76. The Hall–Kier alpha value is 0.120. The molecule has 108 valence electrons. The molecule has 0 aliphatic carbocycles. The number of hydrogen-bond acceptors (Lipinski definition) is 3. The highest BCUT2D eigenvalue weighted by Gasteiger charge is 2.26. The third-order valence-electron chi connectivity index (χ3n) is 3.05. The quantitative estimate of drug-likeness (QED) is 0.719. The van der Waals surface area contributed by atoms with E-state index in [4.69, 9.17) is 16.3 Å². The van der Waals surface area contributed by atoms with Crippen LogP contribution in [0.3, 0.4) is 0 Å². The van der Waals surface area contributed by atoms with Crippen LogP contribution >= 0.6 is 11.6 Å². The van der Waals surface area contributed by atoms with Crippen molar-refractivity contribution in [3.05, 3.63) is 0 Å². The van der Waals surface area contributed by atoms with Crippen LogP contribution in [0.5, 0.6) is 0 Å². The van der Waals surface area contributed by atoms with Crippen molar-refractivity contribution in [1.29, 1.82) is 0 Å². The minimum absolute atomic E-state index is 0.155. The molecule has 0 bridgehead atoms. The number of halogens is 1. The predicted molar refractivity (Wildman–Crippen MR) is 73.0 cm³/mol. The molecule has 5 nitrogen and oxygen atoms in total. The zero-order valence-corrected chi connectivity index (χ0v) is 12.6. The van der Waals surface area contributed by atoms with E-state index in [0.717, 1.165) is 12.8 Å². The minimum Gasteiger partial charge on any atom is -0.383 e. The largest absolute Gasteiger partial charge is 0.383 e. The molecule has 7 heteroatoms. The van der Waals surface area contributed by atoms with Gasteiger partial charge in [-0.15, -0.1) is 11.6 Å². The van der Waals surface area contributed by atoms with Crippen molar-refractivity contribution in [1.82, 2.24) is 9.03 Å². The molecule has 18 heavy (non-hydrogen) atoms. The third kappa shape index (κ3) is 5.40. The summed E-state index contributed by atoms with van der Waals surface area (Å²) < 4.78 is 33.0. The van der Waals surface area contributed by atoms with Gasteiger partial charge in [-0.2, -0.15) is 12.7 Å². The van der Waals surface area contributed by atoms with Gasteiger partial charge in [0, 0.05) is 26.7 Å². The number of hydrogen-bond donors (Lipinski definition) is 1. The molecule has 1 heterocycles. The van der Waals surface area contributed by atoms with Crippen molar-refractivity contribution < 1.29 is 13.2 Å². The SMILES string of the molecule is COCC(Cl)CCNS(=O)(=O)N1CCCC(C)C1. The Morgan fingerprint density at radius 3 is 2.89 bits per heavy atom. The summed E-state index contributed by atoms with van der Waals surface area (Å²) in [5.41, 5.74) is 0. The van der Waals surface area contributed by atoms with Crippen molar-refractivity contribution in [3.8, 4) is 0 Å². The van der Waals surface area contributed by atoms with Gasteiger partial charge in [0.15, 0.2) is 0 Å². The topological polar surface area (TPSA) is 58.6 Å². The number of rotatable bonds is 7. The van der Waals surface area contributed by atoms with Crippen molar-refractivity contribution in [2.45, 2.75) is 31.6 Å². The Morgan fingerprint density at radius 1 is 1.56 bits per heavy atom. The zero-order chi connectivity index (χ0) is 13.6. The van der Waals surface area contributed by atoms with Gasteiger partial charge in [-0.05, 0) is 25.2 Å². The van der Waals surface area contributed by atoms with E-state index in [-0.39, 0.29) is 5.38 Å². The summed E-state index contributed by atoms with van der Waals surface area (Å²) in [5.74, 6) is 0.435. The second-order valence-corrected chi connectivity index (χ2v) is 7.22. The maximum absolute atomic E-state index is 12.0. The first-order valence-electron chi connectivity index (χ1n) is 6.33. The standard InChI is InChI=1S/C11H23ClN2O3S/c1-10-4-3-7-14(8-10)18(15,16)13-6-5-11(12)9-17-2/h10-11,13H,3-9H2,1-2H3. The molecule has 0 radical (unpaired) electrons. The molecule has 0 aromatic heterocycles. The van der Waals surface area contributed by atoms with Crippen molar-refractivity contribution in [2.75, 3.05) is 33.4 Å². The van der Waals surface area contributed by atoms with Crippen molar-refractivity contribution in [2.24, 2.45) is 5.92 Å². The Kier molecular flexibility index (Phi) is 6.87. The molecule has 0 aromatic carbocycles. The van der Waals surface area contributed by atoms with Crippen LogP contribution in [0.2, 0.25) is 0 Å². The molecule has 0 aromatic rings. The molecule has 1 N–H and O–H groups in total. The summed E-state index contributed by atoms with van der Waals surface area (Å²) in [6.07, 6.45) is 2.60. The van der Waals surface area contributed by atoms with E-state index in [1.165, 1.54) is 4.31 Å². The lowest BCUT2D eigenvalue weighted by atomic mass is 10.0.